The van der Waals surface area contributed by atoms with Crippen molar-refractivity contribution in [3.05, 3.63) is 90.2 Å². The molecule has 1 spiro atoms. The molecule has 3 aromatic rings. The molecule has 2 aliphatic heterocycles. The Morgan fingerprint density at radius 3 is 2.42 bits per heavy atom. The van der Waals surface area contributed by atoms with Crippen molar-refractivity contribution >= 4 is 17.3 Å². The van der Waals surface area contributed by atoms with Gasteiger partial charge in [0.2, 0.25) is 0 Å². The minimum atomic E-state index is -0.279. The Balaban J connectivity index is 1.20. The van der Waals surface area contributed by atoms with Gasteiger partial charge in [0, 0.05) is 25.2 Å². The van der Waals surface area contributed by atoms with E-state index in [2.05, 4.69) is 5.32 Å². The SMILES string of the molecule is O=C(c1ccccc1Nc1ccccc1)N1CCC2(CC1)CC(Oc1ccc(F)cc1)CO2. The van der Waals surface area contributed by atoms with E-state index < -0.39 is 0 Å². The third-order valence-electron chi connectivity index (χ3n) is 6.46. The summed E-state index contributed by atoms with van der Waals surface area (Å²) in [6.45, 7) is 1.79. The van der Waals surface area contributed by atoms with Crippen molar-refractivity contribution in [2.24, 2.45) is 0 Å². The number of amides is 1. The Morgan fingerprint density at radius 1 is 0.970 bits per heavy atom. The van der Waals surface area contributed by atoms with Crippen LogP contribution in [0.1, 0.15) is 29.6 Å². The van der Waals surface area contributed by atoms with Crippen LogP contribution in [-0.2, 0) is 4.74 Å². The molecule has 0 radical (unpaired) electrons. The van der Waals surface area contributed by atoms with Gasteiger partial charge in [-0.1, -0.05) is 30.3 Å². The van der Waals surface area contributed by atoms with Gasteiger partial charge in [0.05, 0.1) is 23.5 Å². The van der Waals surface area contributed by atoms with Gasteiger partial charge < -0.3 is 19.7 Å². The zero-order valence-electron chi connectivity index (χ0n) is 18.4. The Bertz CT molecular complexity index is 1100. The number of benzene rings is 3. The summed E-state index contributed by atoms with van der Waals surface area (Å²) in [5, 5.41) is 3.36. The maximum absolute atomic E-state index is 13.3. The molecule has 0 aromatic heterocycles. The minimum absolute atomic E-state index is 0.0287. The van der Waals surface area contributed by atoms with Crippen LogP contribution in [0.25, 0.3) is 0 Å². The topological polar surface area (TPSA) is 50.8 Å². The van der Waals surface area contributed by atoms with E-state index in [1.807, 2.05) is 59.5 Å². The van der Waals surface area contributed by atoms with E-state index in [9.17, 15) is 9.18 Å². The van der Waals surface area contributed by atoms with Crippen molar-refractivity contribution < 1.29 is 18.7 Å². The molecule has 2 aliphatic rings. The lowest BCUT2D eigenvalue weighted by Gasteiger charge is -2.38. The van der Waals surface area contributed by atoms with Gasteiger partial charge in [0.1, 0.15) is 17.7 Å². The molecule has 1 N–H and O–H groups in total. The lowest BCUT2D eigenvalue weighted by atomic mass is 9.87. The minimum Gasteiger partial charge on any atom is -0.488 e. The van der Waals surface area contributed by atoms with Gasteiger partial charge in [-0.25, -0.2) is 4.39 Å². The molecule has 3 aromatic carbocycles. The molecule has 2 heterocycles. The van der Waals surface area contributed by atoms with Crippen molar-refractivity contribution in [1.29, 1.82) is 0 Å². The lowest BCUT2D eigenvalue weighted by Crippen LogP contribution is -2.46. The Morgan fingerprint density at radius 2 is 1.67 bits per heavy atom. The highest BCUT2D eigenvalue weighted by Crippen LogP contribution is 2.38. The molecule has 6 heteroatoms. The first-order chi connectivity index (χ1) is 16.1. The normalized spacial score (nSPS) is 19.4. The molecule has 2 saturated heterocycles. The summed E-state index contributed by atoms with van der Waals surface area (Å²) in [4.78, 5) is 15.2. The number of nitrogens with zero attached hydrogens (tertiary/aromatic N) is 1. The van der Waals surface area contributed by atoms with Crippen molar-refractivity contribution in [1.82, 2.24) is 4.90 Å². The fourth-order valence-electron chi connectivity index (χ4n) is 4.68. The molecule has 0 aliphatic carbocycles. The van der Waals surface area contributed by atoms with Gasteiger partial charge in [0.25, 0.3) is 5.91 Å². The van der Waals surface area contributed by atoms with E-state index in [0.29, 0.717) is 31.0 Å². The van der Waals surface area contributed by atoms with Crippen LogP contribution >= 0.6 is 0 Å². The summed E-state index contributed by atoms with van der Waals surface area (Å²) in [7, 11) is 0. The van der Waals surface area contributed by atoms with Gasteiger partial charge >= 0.3 is 0 Å². The largest absolute Gasteiger partial charge is 0.488 e. The summed E-state index contributed by atoms with van der Waals surface area (Å²) in [5.41, 5.74) is 2.16. The maximum atomic E-state index is 13.3. The first kappa shape index (κ1) is 21.5. The molecule has 1 atom stereocenters. The highest BCUT2D eigenvalue weighted by atomic mass is 19.1. The number of likely N-dealkylation sites (tertiary alicyclic amines) is 1. The fraction of sp³-hybridized carbons (Fsp3) is 0.296. The second-order valence-corrected chi connectivity index (χ2v) is 8.72. The van der Waals surface area contributed by atoms with Gasteiger partial charge in [-0.05, 0) is 61.4 Å². The highest BCUT2D eigenvalue weighted by Gasteiger charge is 2.44. The molecular weight excluding hydrogens is 419 g/mol. The predicted molar refractivity (Wildman–Crippen MR) is 125 cm³/mol. The van der Waals surface area contributed by atoms with E-state index >= 15 is 0 Å². The molecule has 1 unspecified atom stereocenters. The molecule has 5 nitrogen and oxygen atoms in total. The molecule has 33 heavy (non-hydrogen) atoms. The molecule has 0 bridgehead atoms. The first-order valence-corrected chi connectivity index (χ1v) is 11.4. The summed E-state index contributed by atoms with van der Waals surface area (Å²) < 4.78 is 25.3. The van der Waals surface area contributed by atoms with E-state index in [1.165, 1.54) is 12.1 Å². The Kier molecular flexibility index (Phi) is 6.01. The van der Waals surface area contributed by atoms with Crippen LogP contribution in [0.2, 0.25) is 0 Å². The number of para-hydroxylation sites is 2. The Hall–Kier alpha value is -3.38. The zero-order chi connectivity index (χ0) is 22.7. The number of carbonyl (C=O) groups excluding carboxylic acids is 1. The van der Waals surface area contributed by atoms with Crippen LogP contribution in [0, 0.1) is 5.82 Å². The second kappa shape index (κ2) is 9.24. The lowest BCUT2D eigenvalue weighted by molar-refractivity contribution is -0.0395. The van der Waals surface area contributed by atoms with Crippen molar-refractivity contribution in [3.8, 4) is 5.75 Å². The van der Waals surface area contributed by atoms with Crippen LogP contribution in [0.4, 0.5) is 15.8 Å². The van der Waals surface area contributed by atoms with Gasteiger partial charge in [-0.3, -0.25) is 4.79 Å². The van der Waals surface area contributed by atoms with Crippen LogP contribution in [0.5, 0.6) is 5.75 Å². The van der Waals surface area contributed by atoms with E-state index in [4.69, 9.17) is 9.47 Å². The van der Waals surface area contributed by atoms with Gasteiger partial charge in [-0.15, -0.1) is 0 Å². The van der Waals surface area contributed by atoms with Crippen molar-refractivity contribution in [2.75, 3.05) is 25.0 Å². The standard InChI is InChI=1S/C27H27FN2O3/c28-20-10-12-22(13-11-20)33-23-18-27(32-19-23)14-16-30(17-15-27)26(31)24-8-4-5-9-25(24)29-21-6-2-1-3-7-21/h1-13,23,29H,14-19H2. The first-order valence-electron chi connectivity index (χ1n) is 11.4. The summed E-state index contributed by atoms with van der Waals surface area (Å²) >= 11 is 0. The highest BCUT2D eigenvalue weighted by molar-refractivity contribution is 6.00. The van der Waals surface area contributed by atoms with E-state index in [0.717, 1.165) is 30.6 Å². The van der Waals surface area contributed by atoms with Crippen LogP contribution in [0.15, 0.2) is 78.9 Å². The maximum Gasteiger partial charge on any atom is 0.255 e. The third-order valence-corrected chi connectivity index (χ3v) is 6.46. The number of hydrogen-bond donors (Lipinski definition) is 1. The monoisotopic (exact) mass is 446 g/mol. The third kappa shape index (κ3) is 4.86. The average Bonchev–Trinajstić information content (AvgIpc) is 3.23. The average molecular weight is 447 g/mol. The van der Waals surface area contributed by atoms with Gasteiger partial charge in [0.15, 0.2) is 0 Å². The van der Waals surface area contributed by atoms with Gasteiger partial charge in [-0.2, -0.15) is 0 Å². The number of hydrogen-bond acceptors (Lipinski definition) is 4. The number of piperidine rings is 1. The number of halogens is 1. The quantitative estimate of drug-likeness (QED) is 0.569. The summed E-state index contributed by atoms with van der Waals surface area (Å²) in [6.07, 6.45) is 2.26. The number of nitrogens with one attached hydrogen (secondary N) is 1. The number of carbonyl (C=O) groups is 1. The number of ether oxygens (including phenoxy) is 2. The van der Waals surface area contributed by atoms with E-state index in [-0.39, 0.29) is 23.4 Å². The Labute approximate surface area is 193 Å². The fourth-order valence-corrected chi connectivity index (χ4v) is 4.68. The van der Waals surface area contributed by atoms with Crippen LogP contribution in [-0.4, -0.2) is 42.2 Å². The molecule has 2 fully saturated rings. The molecule has 170 valence electrons. The van der Waals surface area contributed by atoms with Crippen molar-refractivity contribution in [2.45, 2.75) is 31.0 Å². The number of rotatable bonds is 5. The summed E-state index contributed by atoms with van der Waals surface area (Å²) in [6, 6.07) is 23.6. The molecule has 0 saturated carbocycles. The second-order valence-electron chi connectivity index (χ2n) is 8.72. The van der Waals surface area contributed by atoms with Crippen LogP contribution in [0.3, 0.4) is 0 Å². The molecule has 5 rings (SSSR count). The summed E-state index contributed by atoms with van der Waals surface area (Å²) in [5.74, 6) is 0.400. The number of anilines is 2. The zero-order valence-corrected chi connectivity index (χ0v) is 18.4. The predicted octanol–water partition coefficient (Wildman–Crippen LogP) is 5.41. The molecule has 1 amide bonds. The van der Waals surface area contributed by atoms with E-state index in [1.54, 1.807) is 12.1 Å². The van der Waals surface area contributed by atoms with Crippen LogP contribution < -0.4 is 10.1 Å². The smallest absolute Gasteiger partial charge is 0.255 e. The van der Waals surface area contributed by atoms with Crippen molar-refractivity contribution in [3.63, 3.8) is 0 Å². The molecular formula is C27H27FN2O3.